The molecule has 0 bridgehead atoms. The van der Waals surface area contributed by atoms with E-state index in [1.54, 1.807) is 0 Å². The van der Waals surface area contributed by atoms with Crippen LogP contribution in [0.2, 0.25) is 0 Å². The topological polar surface area (TPSA) is 197 Å². The van der Waals surface area contributed by atoms with E-state index in [1.807, 2.05) is 0 Å². The summed E-state index contributed by atoms with van der Waals surface area (Å²) in [6.07, 6.45) is 4.17. The van der Waals surface area contributed by atoms with Crippen molar-refractivity contribution in [3.8, 4) is 34.5 Å². The highest BCUT2D eigenvalue weighted by molar-refractivity contribution is 5.94. The van der Waals surface area contributed by atoms with Crippen LogP contribution in [0.15, 0.2) is 24.3 Å². The second-order valence-electron chi connectivity index (χ2n) is 9.83. The average molecular weight is 715 g/mol. The third-order valence-corrected chi connectivity index (χ3v) is 6.75. The predicted molar refractivity (Wildman–Crippen MR) is 167 cm³/mol. The van der Waals surface area contributed by atoms with E-state index in [2.05, 4.69) is 29.6 Å². The van der Waals surface area contributed by atoms with E-state index in [4.69, 9.17) is 37.9 Å². The van der Waals surface area contributed by atoms with Gasteiger partial charge in [-0.1, -0.05) is 38.5 Å². The van der Waals surface area contributed by atoms with Gasteiger partial charge in [0, 0.05) is 0 Å². The van der Waals surface area contributed by atoms with E-state index in [1.165, 1.54) is 66.9 Å². The minimum atomic E-state index is -1.17. The first-order valence-electron chi connectivity index (χ1n) is 15.3. The van der Waals surface area contributed by atoms with Gasteiger partial charge in [-0.25, -0.2) is 29.0 Å². The van der Waals surface area contributed by atoms with Crippen LogP contribution in [0, 0.1) is 0 Å². The maximum absolute atomic E-state index is 12.3. The molecule has 0 N–H and O–H groups in total. The van der Waals surface area contributed by atoms with Gasteiger partial charge >= 0.3 is 24.2 Å². The molecule has 18 nitrogen and oxygen atoms in total. The third kappa shape index (κ3) is 12.9. The average Bonchev–Trinajstić information content (AvgIpc) is 3.13. The van der Waals surface area contributed by atoms with Crippen LogP contribution >= 0.6 is 0 Å². The SMILES string of the molecule is COc1ccc(C(=O)OOOC(=O)OCCCCCCCCCCOC(=O)OOOC(=O)c2ccc(OC)c(OC)c2OC)c(OC)c1OC. The molecule has 2 aromatic carbocycles. The van der Waals surface area contributed by atoms with E-state index in [0.29, 0.717) is 24.3 Å². The highest BCUT2D eigenvalue weighted by Crippen LogP contribution is 2.41. The van der Waals surface area contributed by atoms with Crippen molar-refractivity contribution in [1.29, 1.82) is 0 Å². The molecule has 0 spiro atoms. The van der Waals surface area contributed by atoms with Crippen molar-refractivity contribution < 1.29 is 86.7 Å². The van der Waals surface area contributed by atoms with E-state index in [0.717, 1.165) is 38.5 Å². The maximum atomic E-state index is 12.3. The molecule has 0 aromatic heterocycles. The van der Waals surface area contributed by atoms with Crippen LogP contribution in [0.25, 0.3) is 0 Å². The predicted octanol–water partition coefficient (Wildman–Crippen LogP) is 5.87. The zero-order valence-electron chi connectivity index (χ0n) is 28.7. The molecule has 0 atom stereocenters. The number of hydrogen-bond acceptors (Lipinski definition) is 18. The lowest BCUT2D eigenvalue weighted by atomic mass is 10.1. The van der Waals surface area contributed by atoms with Crippen LogP contribution in [-0.4, -0.2) is 80.1 Å². The second kappa shape index (κ2) is 23.1. The summed E-state index contributed by atoms with van der Waals surface area (Å²) in [6.45, 7) is 0.167. The molecule has 0 amide bonds. The molecule has 0 radical (unpaired) electrons. The highest BCUT2D eigenvalue weighted by atomic mass is 17.5. The van der Waals surface area contributed by atoms with Crippen molar-refractivity contribution in [3.63, 3.8) is 0 Å². The molecule has 0 fully saturated rings. The van der Waals surface area contributed by atoms with Gasteiger partial charge in [-0.3, -0.25) is 9.78 Å². The van der Waals surface area contributed by atoms with Crippen molar-refractivity contribution >= 4 is 24.2 Å². The van der Waals surface area contributed by atoms with Crippen molar-refractivity contribution in [2.75, 3.05) is 55.9 Å². The minimum Gasteiger partial charge on any atom is -0.493 e. The summed E-state index contributed by atoms with van der Waals surface area (Å²) in [7, 11) is 8.25. The number of rotatable bonds is 23. The molecule has 2 aromatic rings. The zero-order chi connectivity index (χ0) is 36.7. The number of carbonyl (C=O) groups excluding carboxylic acids is 4. The van der Waals surface area contributed by atoms with Gasteiger partial charge in [0.25, 0.3) is 0 Å². The van der Waals surface area contributed by atoms with E-state index >= 15 is 0 Å². The number of methoxy groups -OCH3 is 6. The lowest BCUT2D eigenvalue weighted by Crippen LogP contribution is -2.13. The van der Waals surface area contributed by atoms with Crippen LogP contribution in [0.1, 0.15) is 72.1 Å². The molecule has 0 saturated heterocycles. The smallest absolute Gasteiger partial charge is 0.493 e. The van der Waals surface area contributed by atoms with E-state index < -0.39 is 24.2 Å². The zero-order valence-corrected chi connectivity index (χ0v) is 28.7. The van der Waals surface area contributed by atoms with Crippen molar-refractivity contribution in [2.45, 2.75) is 51.4 Å². The first-order valence-corrected chi connectivity index (χ1v) is 15.3. The number of unbranched alkanes of at least 4 members (excludes halogenated alkanes) is 7. The fourth-order valence-corrected chi connectivity index (χ4v) is 4.39. The molecule has 50 heavy (non-hydrogen) atoms. The molecule has 278 valence electrons. The van der Waals surface area contributed by atoms with Gasteiger partial charge in [-0.2, -0.15) is 0 Å². The van der Waals surface area contributed by atoms with Crippen molar-refractivity contribution in [2.24, 2.45) is 0 Å². The lowest BCUT2D eigenvalue weighted by Gasteiger charge is -2.14. The molecular formula is C32H42O18. The Balaban J connectivity index is 1.46. The Hall–Kier alpha value is -5.36. The first-order chi connectivity index (χ1) is 24.3. The molecule has 0 aliphatic rings. The lowest BCUT2D eigenvalue weighted by molar-refractivity contribution is -0.452. The van der Waals surface area contributed by atoms with Gasteiger partial charge in [-0.05, 0) is 37.1 Å². The number of ether oxygens (including phenoxy) is 8. The molecular weight excluding hydrogens is 672 g/mol. The van der Waals surface area contributed by atoms with Crippen LogP contribution in [-0.2, 0) is 39.1 Å². The summed E-state index contributed by atoms with van der Waals surface area (Å²) >= 11 is 0. The normalized spacial score (nSPS) is 10.3. The van der Waals surface area contributed by atoms with Gasteiger partial charge in [0.15, 0.2) is 23.0 Å². The largest absolute Gasteiger partial charge is 0.543 e. The monoisotopic (exact) mass is 714 g/mol. The Labute approximate surface area is 288 Å². The van der Waals surface area contributed by atoms with Crippen LogP contribution in [0.3, 0.4) is 0 Å². The summed E-state index contributed by atoms with van der Waals surface area (Å²) in [4.78, 5) is 65.5. The second-order valence-corrected chi connectivity index (χ2v) is 9.83. The van der Waals surface area contributed by atoms with Gasteiger partial charge < -0.3 is 37.9 Å². The van der Waals surface area contributed by atoms with E-state index in [-0.39, 0.29) is 47.3 Å². The molecule has 2 rings (SSSR count). The quantitative estimate of drug-likeness (QED) is 0.0572. The Morgan fingerprint density at radius 3 is 1.08 bits per heavy atom. The van der Waals surface area contributed by atoms with E-state index in [9.17, 15) is 19.2 Å². The summed E-state index contributed by atoms with van der Waals surface area (Å²) < 4.78 is 40.8. The minimum absolute atomic E-state index is 0.0411. The standard InChI is InChI=1S/C32H42O18/c1-37-23-17-15-21(25(39-3)27(23)41-5)29(33)45-49-47-31(35)43-19-13-11-9-7-8-10-12-14-20-44-32(36)48-50-46-30(34)22-16-18-24(38-2)28(42-6)26(22)40-4/h15-18H,7-14,19-20H2,1-6H3. The van der Waals surface area contributed by atoms with Crippen LogP contribution in [0.5, 0.6) is 34.5 Å². The van der Waals surface area contributed by atoms with Crippen LogP contribution in [0.4, 0.5) is 9.59 Å². The Kier molecular flexibility index (Phi) is 18.8. The molecule has 0 aliphatic carbocycles. The summed E-state index contributed by atoms with van der Waals surface area (Å²) in [5, 5.41) is 8.49. The summed E-state index contributed by atoms with van der Waals surface area (Å²) in [5.74, 6) is -0.940. The summed E-state index contributed by atoms with van der Waals surface area (Å²) in [6, 6.07) is 5.66. The molecule has 0 unspecified atom stereocenters. The Morgan fingerprint density at radius 2 is 0.760 bits per heavy atom. The van der Waals surface area contributed by atoms with Crippen molar-refractivity contribution in [3.05, 3.63) is 35.4 Å². The maximum Gasteiger partial charge on any atom is 0.543 e. The Bertz CT molecular complexity index is 1270. The number of carbonyl (C=O) groups is 4. The fourth-order valence-electron chi connectivity index (χ4n) is 4.39. The van der Waals surface area contributed by atoms with Crippen molar-refractivity contribution in [1.82, 2.24) is 0 Å². The van der Waals surface area contributed by atoms with Gasteiger partial charge in [0.05, 0.1) is 65.9 Å². The number of benzene rings is 2. The molecule has 0 saturated carbocycles. The summed E-state index contributed by atoms with van der Waals surface area (Å²) in [5.41, 5.74) is -0.114. The van der Waals surface area contributed by atoms with Gasteiger partial charge in [0.1, 0.15) is 11.1 Å². The fraction of sp³-hybridized carbons (Fsp3) is 0.500. The highest BCUT2D eigenvalue weighted by Gasteiger charge is 2.24. The van der Waals surface area contributed by atoms with Gasteiger partial charge in [0.2, 0.25) is 11.5 Å². The Morgan fingerprint density at radius 1 is 0.420 bits per heavy atom. The third-order valence-electron chi connectivity index (χ3n) is 6.75. The molecule has 0 heterocycles. The van der Waals surface area contributed by atoms with Crippen LogP contribution < -0.4 is 28.4 Å². The van der Waals surface area contributed by atoms with Gasteiger partial charge in [-0.15, -0.1) is 0 Å². The molecule has 0 aliphatic heterocycles. The first kappa shape index (κ1) is 40.8. The molecule has 18 heteroatoms. The number of hydrogen-bond donors (Lipinski definition) is 0.